The fraction of sp³-hybridized carbons (Fsp3) is 0.176. The van der Waals surface area contributed by atoms with Crippen molar-refractivity contribution in [3.05, 3.63) is 42.5 Å². The number of imidazole rings is 1. The third kappa shape index (κ3) is 3.55. The zero-order valence-electron chi connectivity index (χ0n) is 15.4. The molecule has 5 N–H and O–H groups in total. The van der Waals surface area contributed by atoms with Crippen molar-refractivity contribution in [2.75, 3.05) is 24.2 Å². The molecule has 0 radical (unpaired) electrons. The third-order valence-electron chi connectivity index (χ3n) is 3.98. The summed E-state index contributed by atoms with van der Waals surface area (Å²) in [5.41, 5.74) is 7.01. The van der Waals surface area contributed by atoms with Gasteiger partial charge in [-0.15, -0.1) is 0 Å². The molecule has 12 nitrogen and oxygen atoms in total. The third-order valence-corrected chi connectivity index (χ3v) is 3.98. The summed E-state index contributed by atoms with van der Waals surface area (Å²) in [5, 5.41) is 18.6. The van der Waals surface area contributed by atoms with E-state index in [1.807, 2.05) is 28.8 Å². The van der Waals surface area contributed by atoms with Gasteiger partial charge >= 0.3 is 6.03 Å². The lowest BCUT2D eigenvalue weighted by molar-refractivity contribution is 0.233. The van der Waals surface area contributed by atoms with Gasteiger partial charge in [-0.05, 0) is 19.1 Å². The Morgan fingerprint density at radius 1 is 1.21 bits per heavy atom. The Hall–Kier alpha value is -4.06. The zero-order chi connectivity index (χ0) is 20.4. The van der Waals surface area contributed by atoms with Crippen LogP contribution in [0.2, 0.25) is 0 Å². The van der Waals surface area contributed by atoms with E-state index in [0.717, 1.165) is 4.68 Å². The molecule has 0 atom stereocenters. The molecule has 0 saturated heterocycles. The van der Waals surface area contributed by atoms with Crippen molar-refractivity contribution < 1.29 is 9.90 Å². The van der Waals surface area contributed by atoms with Crippen molar-refractivity contribution in [2.24, 2.45) is 0 Å². The smallest absolute Gasteiger partial charge is 0.344 e. The number of nitrogens with zero attached hydrogens (tertiary/aromatic N) is 7. The van der Waals surface area contributed by atoms with E-state index in [0.29, 0.717) is 34.6 Å². The summed E-state index contributed by atoms with van der Waals surface area (Å²) in [5.74, 6) is 1.70. The number of nitrogen functional groups attached to an aromatic ring is 1. The number of aromatic nitrogens is 7. The lowest BCUT2D eigenvalue weighted by atomic mass is 10.3. The number of aliphatic hydroxyl groups is 1. The maximum Gasteiger partial charge on any atom is 0.344 e. The summed E-state index contributed by atoms with van der Waals surface area (Å²) in [6, 6.07) is 6.68. The van der Waals surface area contributed by atoms with Crippen LogP contribution in [0, 0.1) is 6.92 Å². The van der Waals surface area contributed by atoms with Crippen LogP contribution < -0.4 is 16.4 Å². The first-order valence-electron chi connectivity index (χ1n) is 8.72. The molecular weight excluding hydrogens is 376 g/mol. The average molecular weight is 394 g/mol. The zero-order valence-corrected chi connectivity index (χ0v) is 15.4. The molecule has 0 unspecified atom stereocenters. The molecule has 0 bridgehead atoms. The molecule has 0 saturated carbocycles. The number of carbonyl (C=O) groups excluding carboxylic acids is 1. The van der Waals surface area contributed by atoms with Crippen LogP contribution in [0.25, 0.3) is 17.2 Å². The molecule has 29 heavy (non-hydrogen) atoms. The van der Waals surface area contributed by atoms with Crippen LogP contribution in [0.15, 0.2) is 36.7 Å². The van der Waals surface area contributed by atoms with Crippen LogP contribution in [0.1, 0.15) is 5.82 Å². The van der Waals surface area contributed by atoms with Crippen molar-refractivity contribution in [3.8, 4) is 11.5 Å². The molecule has 4 aromatic rings. The van der Waals surface area contributed by atoms with E-state index in [9.17, 15) is 4.79 Å². The van der Waals surface area contributed by atoms with Gasteiger partial charge in [-0.3, -0.25) is 4.40 Å². The van der Waals surface area contributed by atoms with E-state index in [1.54, 1.807) is 13.0 Å². The number of fused-ring (bicyclic) bond motifs is 1. The Bertz CT molecular complexity index is 1160. The summed E-state index contributed by atoms with van der Waals surface area (Å²) in [6.45, 7) is 1.66. The molecule has 0 aromatic carbocycles. The van der Waals surface area contributed by atoms with E-state index in [2.05, 4.69) is 35.7 Å². The minimum Gasteiger partial charge on any atom is -0.395 e. The first kappa shape index (κ1) is 18.3. The molecule has 0 fully saturated rings. The van der Waals surface area contributed by atoms with Crippen LogP contribution >= 0.6 is 0 Å². The topological polar surface area (TPSA) is 161 Å². The highest BCUT2D eigenvalue weighted by Crippen LogP contribution is 2.29. The van der Waals surface area contributed by atoms with Gasteiger partial charge in [0.05, 0.1) is 12.8 Å². The molecule has 4 heterocycles. The average Bonchev–Trinajstić information content (AvgIpc) is 3.29. The first-order valence-corrected chi connectivity index (χ1v) is 8.72. The second-order valence-electron chi connectivity index (χ2n) is 6.01. The summed E-state index contributed by atoms with van der Waals surface area (Å²) in [4.78, 5) is 29.5. The van der Waals surface area contributed by atoms with Gasteiger partial charge in [0.1, 0.15) is 23.0 Å². The van der Waals surface area contributed by atoms with Crippen LogP contribution in [-0.2, 0) is 0 Å². The summed E-state index contributed by atoms with van der Waals surface area (Å²) >= 11 is 0. The maximum absolute atomic E-state index is 12.3. The number of hydrogen-bond donors (Lipinski definition) is 4. The highest BCUT2D eigenvalue weighted by atomic mass is 16.3. The Morgan fingerprint density at radius 3 is 2.86 bits per heavy atom. The molecule has 0 aliphatic heterocycles. The number of nitrogens with two attached hydrogens (primary N) is 1. The second kappa shape index (κ2) is 7.52. The molecule has 148 valence electrons. The molecular formula is C17H18N10O2. The van der Waals surface area contributed by atoms with Crippen LogP contribution in [-0.4, -0.2) is 58.4 Å². The number of aliphatic hydroxyl groups excluding tert-OH is 1. The predicted octanol–water partition coefficient (Wildman–Crippen LogP) is 0.567. The van der Waals surface area contributed by atoms with Gasteiger partial charge in [-0.1, -0.05) is 6.07 Å². The van der Waals surface area contributed by atoms with Gasteiger partial charge in [0.15, 0.2) is 11.6 Å². The van der Waals surface area contributed by atoms with Gasteiger partial charge < -0.3 is 21.5 Å². The Labute approximate surface area is 164 Å². The van der Waals surface area contributed by atoms with Gasteiger partial charge in [0.2, 0.25) is 5.95 Å². The van der Waals surface area contributed by atoms with Crippen molar-refractivity contribution >= 4 is 29.3 Å². The number of rotatable bonds is 5. The molecule has 1 amide bonds. The summed E-state index contributed by atoms with van der Waals surface area (Å²) in [6.07, 6.45) is 3.30. The van der Waals surface area contributed by atoms with Crippen LogP contribution in [0.3, 0.4) is 0 Å². The van der Waals surface area contributed by atoms with Crippen LogP contribution in [0.4, 0.5) is 22.4 Å². The first-order chi connectivity index (χ1) is 14.1. The highest BCUT2D eigenvalue weighted by Gasteiger charge is 2.20. The normalized spacial score (nSPS) is 11.0. The van der Waals surface area contributed by atoms with Crippen molar-refractivity contribution in [1.29, 1.82) is 0 Å². The lowest BCUT2D eigenvalue weighted by Crippen LogP contribution is -2.32. The standard InChI is InChI=1S/C17H18N10O2/c1-10-21-14(25-16(18)22-10)13-15(23-11-4-2-3-8-26(11)13)24-12-5-6-20-27(12)17(29)19-7-9-28/h2-6,8,24,28H,7,9H2,1H3,(H,19,29)(H2,18,21,22,25). The highest BCUT2D eigenvalue weighted by molar-refractivity contribution is 5.82. The Kier molecular flexibility index (Phi) is 4.75. The lowest BCUT2D eigenvalue weighted by Gasteiger charge is -2.10. The van der Waals surface area contributed by atoms with Crippen molar-refractivity contribution in [1.82, 2.24) is 39.4 Å². The minimum absolute atomic E-state index is 0.0951. The number of anilines is 3. The maximum atomic E-state index is 12.3. The summed E-state index contributed by atoms with van der Waals surface area (Å²) < 4.78 is 2.94. The van der Waals surface area contributed by atoms with E-state index in [-0.39, 0.29) is 19.1 Å². The van der Waals surface area contributed by atoms with Gasteiger partial charge in [-0.25, -0.2) is 14.8 Å². The number of amides is 1. The Balaban J connectivity index is 1.80. The molecule has 4 rings (SSSR count). The number of hydrogen-bond acceptors (Lipinski definition) is 9. The fourth-order valence-electron chi connectivity index (χ4n) is 2.82. The van der Waals surface area contributed by atoms with Gasteiger partial charge in [0.25, 0.3) is 0 Å². The number of carbonyl (C=O) groups is 1. The minimum atomic E-state index is -0.489. The number of pyridine rings is 1. The quantitative estimate of drug-likeness (QED) is 0.379. The molecule has 12 heteroatoms. The fourth-order valence-corrected chi connectivity index (χ4v) is 2.82. The van der Waals surface area contributed by atoms with Gasteiger partial charge in [-0.2, -0.15) is 19.7 Å². The van der Waals surface area contributed by atoms with Crippen molar-refractivity contribution in [3.63, 3.8) is 0 Å². The number of aryl methyl sites for hydroxylation is 1. The van der Waals surface area contributed by atoms with E-state index in [1.165, 1.54) is 6.20 Å². The predicted molar refractivity (Wildman–Crippen MR) is 105 cm³/mol. The summed E-state index contributed by atoms with van der Waals surface area (Å²) in [7, 11) is 0. The van der Waals surface area contributed by atoms with Gasteiger partial charge in [0, 0.05) is 18.8 Å². The van der Waals surface area contributed by atoms with E-state index >= 15 is 0 Å². The molecule has 0 spiro atoms. The van der Waals surface area contributed by atoms with E-state index < -0.39 is 6.03 Å². The SMILES string of the molecule is Cc1nc(N)nc(-c2c(Nc3ccnn3C(=O)NCCO)nc3ccccn23)n1. The second-order valence-corrected chi connectivity index (χ2v) is 6.01. The monoisotopic (exact) mass is 394 g/mol. The largest absolute Gasteiger partial charge is 0.395 e. The van der Waals surface area contributed by atoms with E-state index in [4.69, 9.17) is 10.8 Å². The molecule has 4 aromatic heterocycles. The molecule has 0 aliphatic carbocycles. The number of nitrogens with one attached hydrogen (secondary N) is 2. The van der Waals surface area contributed by atoms with Crippen LogP contribution in [0.5, 0.6) is 0 Å². The van der Waals surface area contributed by atoms with Crippen molar-refractivity contribution in [2.45, 2.75) is 6.92 Å². The molecule has 0 aliphatic rings. The Morgan fingerprint density at radius 2 is 2.07 bits per heavy atom.